The van der Waals surface area contributed by atoms with Gasteiger partial charge in [0.05, 0.1) is 0 Å². The first-order valence-electron chi connectivity index (χ1n) is 10.7. The lowest BCUT2D eigenvalue weighted by Crippen LogP contribution is -2.44. The van der Waals surface area contributed by atoms with Gasteiger partial charge in [-0.25, -0.2) is 9.59 Å². The van der Waals surface area contributed by atoms with Gasteiger partial charge in [-0.05, 0) is 65.5 Å². The van der Waals surface area contributed by atoms with Gasteiger partial charge >= 0.3 is 11.9 Å². The monoisotopic (exact) mass is 428 g/mol. The van der Waals surface area contributed by atoms with Crippen molar-refractivity contribution in [3.05, 3.63) is 0 Å². The van der Waals surface area contributed by atoms with Crippen LogP contribution >= 0.6 is 11.8 Å². The van der Waals surface area contributed by atoms with Crippen LogP contribution in [0, 0.1) is 0 Å². The van der Waals surface area contributed by atoms with Crippen LogP contribution in [-0.2, 0) is 19.1 Å². The molecule has 4 rings (SSSR count). The summed E-state index contributed by atoms with van der Waals surface area (Å²) in [6.45, 7) is 0. The molecule has 164 valence electrons. The largest absolute Gasteiger partial charge is 0.460 e. The summed E-state index contributed by atoms with van der Waals surface area (Å²) in [7, 11) is 4.20. The van der Waals surface area contributed by atoms with E-state index in [1.807, 2.05) is 0 Å². The molecular formula is C20H32N2O6S. The molecule has 29 heavy (non-hydrogen) atoms. The van der Waals surface area contributed by atoms with Gasteiger partial charge in [0.1, 0.15) is 12.2 Å². The van der Waals surface area contributed by atoms with Gasteiger partial charge in [-0.3, -0.25) is 0 Å². The Labute approximate surface area is 175 Å². The second-order valence-corrected chi connectivity index (χ2v) is 10.2. The van der Waals surface area contributed by atoms with E-state index >= 15 is 0 Å². The van der Waals surface area contributed by atoms with E-state index in [0.717, 1.165) is 51.4 Å². The molecule has 0 amide bonds. The number of ether oxygens (including phenoxy) is 2. The number of piperidine rings is 2. The lowest BCUT2D eigenvalue weighted by molar-refractivity contribution is -0.158. The number of carbonyl (C=O) groups excluding carboxylic acids is 2. The van der Waals surface area contributed by atoms with Crippen LogP contribution in [0.5, 0.6) is 0 Å². The number of hydrogen-bond donors (Lipinski definition) is 2. The van der Waals surface area contributed by atoms with Crippen molar-refractivity contribution in [2.75, 3.05) is 14.1 Å². The fourth-order valence-electron chi connectivity index (χ4n) is 5.59. The Bertz CT molecular complexity index is 556. The molecule has 4 fully saturated rings. The molecular weight excluding hydrogens is 396 g/mol. The van der Waals surface area contributed by atoms with Crippen LogP contribution in [0.15, 0.2) is 0 Å². The third kappa shape index (κ3) is 4.58. The first-order valence-corrected chi connectivity index (χ1v) is 11.6. The fourth-order valence-corrected chi connectivity index (χ4v) is 6.17. The van der Waals surface area contributed by atoms with Crippen molar-refractivity contribution in [3.63, 3.8) is 0 Å². The molecule has 4 bridgehead atoms. The summed E-state index contributed by atoms with van der Waals surface area (Å²) in [6.07, 6.45) is 7.05. The second-order valence-electron chi connectivity index (χ2n) is 9.00. The molecule has 8 nitrogen and oxygen atoms in total. The van der Waals surface area contributed by atoms with Gasteiger partial charge in [-0.2, -0.15) is 0 Å². The SMILES string of the molecule is CN1[C@@H]2CC[C@H]1CC(OC(=O)C(O)SC(O)C(=O)OC1C[C@H]3CC[C@@H](C1)N3C)C2. The van der Waals surface area contributed by atoms with Gasteiger partial charge in [0, 0.05) is 24.2 Å². The van der Waals surface area contributed by atoms with Gasteiger partial charge in [0.2, 0.25) is 10.9 Å². The predicted octanol–water partition coefficient (Wildman–Crippen LogP) is 0.693. The van der Waals surface area contributed by atoms with Crippen molar-refractivity contribution in [2.24, 2.45) is 0 Å². The van der Waals surface area contributed by atoms with Crippen LogP contribution in [0.3, 0.4) is 0 Å². The van der Waals surface area contributed by atoms with Crippen molar-refractivity contribution in [1.29, 1.82) is 0 Å². The van der Waals surface area contributed by atoms with E-state index in [1.165, 1.54) is 0 Å². The summed E-state index contributed by atoms with van der Waals surface area (Å²) < 4.78 is 10.9. The van der Waals surface area contributed by atoms with E-state index in [0.29, 0.717) is 35.9 Å². The molecule has 4 heterocycles. The van der Waals surface area contributed by atoms with E-state index in [1.54, 1.807) is 0 Å². The molecule has 8 atom stereocenters. The summed E-state index contributed by atoms with van der Waals surface area (Å²) >= 11 is 0.470. The molecule has 0 spiro atoms. The molecule has 4 aliphatic rings. The Morgan fingerprint density at radius 3 is 1.38 bits per heavy atom. The number of hydrogen-bond acceptors (Lipinski definition) is 9. The summed E-state index contributed by atoms with van der Waals surface area (Å²) in [4.78, 5) is 29.1. The smallest absolute Gasteiger partial charge is 0.346 e. The van der Waals surface area contributed by atoms with Crippen molar-refractivity contribution in [3.8, 4) is 0 Å². The van der Waals surface area contributed by atoms with Crippen LogP contribution in [0.2, 0.25) is 0 Å². The van der Waals surface area contributed by atoms with Gasteiger partial charge in [0.15, 0.2) is 0 Å². The van der Waals surface area contributed by atoms with Crippen molar-refractivity contribution < 1.29 is 29.3 Å². The molecule has 0 aliphatic carbocycles. The summed E-state index contributed by atoms with van der Waals surface area (Å²) in [6, 6.07) is 1.67. The van der Waals surface area contributed by atoms with Gasteiger partial charge in [-0.15, -0.1) is 0 Å². The van der Waals surface area contributed by atoms with E-state index < -0.39 is 22.8 Å². The van der Waals surface area contributed by atoms with Crippen LogP contribution < -0.4 is 0 Å². The maximum atomic E-state index is 12.2. The molecule has 4 unspecified atom stereocenters. The number of nitrogens with zero attached hydrogens (tertiary/aromatic N) is 2. The van der Waals surface area contributed by atoms with Crippen LogP contribution in [0.25, 0.3) is 0 Å². The summed E-state index contributed by atoms with van der Waals surface area (Å²) in [5.41, 5.74) is -3.22. The second kappa shape index (κ2) is 8.70. The normalized spacial score (nSPS) is 39.2. The third-order valence-corrected chi connectivity index (χ3v) is 8.24. The van der Waals surface area contributed by atoms with Crippen LogP contribution in [0.1, 0.15) is 51.4 Å². The quantitative estimate of drug-likeness (QED) is 0.468. The van der Waals surface area contributed by atoms with Crippen LogP contribution in [0.4, 0.5) is 0 Å². The number of esters is 2. The number of aliphatic hydroxyl groups excluding tert-OH is 2. The number of rotatable bonds is 6. The van der Waals surface area contributed by atoms with E-state index in [4.69, 9.17) is 9.47 Å². The highest BCUT2D eigenvalue weighted by molar-refractivity contribution is 8.01. The molecule has 0 saturated carbocycles. The zero-order valence-corrected chi connectivity index (χ0v) is 17.9. The third-order valence-electron chi connectivity index (χ3n) is 7.34. The van der Waals surface area contributed by atoms with Crippen molar-refractivity contribution in [2.45, 2.75) is 98.6 Å². The molecule has 2 N–H and O–H groups in total. The number of thioether (sulfide) groups is 1. The molecule has 0 aromatic heterocycles. The molecule has 9 heteroatoms. The molecule has 0 radical (unpaired) electrons. The maximum absolute atomic E-state index is 12.2. The van der Waals surface area contributed by atoms with Crippen molar-refractivity contribution >= 4 is 23.7 Å². The standard InChI is InChI=1S/C20H32N2O6S/c1-21-11-3-4-12(21)8-15(7-11)27-17(23)19(25)29-20(26)18(24)28-16-9-13-5-6-14(10-16)22(13)2/h11-16,19-20,25-26H,3-10H2,1-2H3/t11-,12+,13-,14+,15?,16?,19?,20?. The highest BCUT2D eigenvalue weighted by Crippen LogP contribution is 2.37. The lowest BCUT2D eigenvalue weighted by Gasteiger charge is -2.36. The molecule has 4 aliphatic heterocycles. The average molecular weight is 429 g/mol. The fraction of sp³-hybridized carbons (Fsp3) is 0.900. The van der Waals surface area contributed by atoms with Gasteiger partial charge < -0.3 is 29.5 Å². The van der Waals surface area contributed by atoms with E-state index in [2.05, 4.69) is 23.9 Å². The highest BCUT2D eigenvalue weighted by Gasteiger charge is 2.42. The minimum atomic E-state index is -1.61. The Kier molecular flexibility index (Phi) is 6.41. The zero-order valence-electron chi connectivity index (χ0n) is 17.1. The lowest BCUT2D eigenvalue weighted by atomic mass is 10.0. The minimum Gasteiger partial charge on any atom is -0.460 e. The number of aliphatic hydroxyl groups is 2. The Hall–Kier alpha value is -0.870. The average Bonchev–Trinajstić information content (AvgIpc) is 3.02. The Balaban J connectivity index is 1.21. The summed E-state index contributed by atoms with van der Waals surface area (Å²) in [5, 5.41) is 20.2. The molecule has 0 aromatic rings. The summed E-state index contributed by atoms with van der Waals surface area (Å²) in [5.74, 6) is -1.60. The first-order chi connectivity index (χ1) is 13.8. The highest BCUT2D eigenvalue weighted by atomic mass is 32.2. The van der Waals surface area contributed by atoms with Gasteiger partial charge in [0.25, 0.3) is 0 Å². The van der Waals surface area contributed by atoms with Crippen LogP contribution in [-0.4, -0.2) is 93.3 Å². The maximum Gasteiger partial charge on any atom is 0.346 e. The molecule has 4 saturated heterocycles. The van der Waals surface area contributed by atoms with E-state index in [-0.39, 0.29) is 12.2 Å². The Morgan fingerprint density at radius 1 is 0.759 bits per heavy atom. The molecule has 0 aromatic carbocycles. The van der Waals surface area contributed by atoms with E-state index in [9.17, 15) is 19.8 Å². The number of fused-ring (bicyclic) bond motifs is 4. The predicted molar refractivity (Wildman–Crippen MR) is 107 cm³/mol. The van der Waals surface area contributed by atoms with Crippen molar-refractivity contribution in [1.82, 2.24) is 9.80 Å². The first kappa shape index (κ1) is 21.4. The number of carbonyl (C=O) groups is 2. The zero-order chi connectivity index (χ0) is 20.7. The Morgan fingerprint density at radius 2 is 1.07 bits per heavy atom. The van der Waals surface area contributed by atoms with Gasteiger partial charge in [-0.1, -0.05) is 11.8 Å². The topological polar surface area (TPSA) is 99.5 Å². The minimum absolute atomic E-state index is 0.217.